The van der Waals surface area contributed by atoms with Crippen LogP contribution in [0.5, 0.6) is 5.75 Å². The molecule has 1 aromatic carbocycles. The number of hydrogen-bond acceptors (Lipinski definition) is 6. The van der Waals surface area contributed by atoms with E-state index in [1.807, 2.05) is 37.5 Å². The summed E-state index contributed by atoms with van der Waals surface area (Å²) in [5, 5.41) is 4.72. The summed E-state index contributed by atoms with van der Waals surface area (Å²) in [7, 11) is 1.83. The normalized spacial score (nSPS) is 10.6. The van der Waals surface area contributed by atoms with E-state index in [-0.39, 0.29) is 17.7 Å². The second kappa shape index (κ2) is 7.31. The summed E-state index contributed by atoms with van der Waals surface area (Å²) in [4.78, 5) is 18.7. The van der Waals surface area contributed by atoms with E-state index in [0.717, 1.165) is 17.4 Å². The Morgan fingerprint density at radius 1 is 1.28 bits per heavy atom. The van der Waals surface area contributed by atoms with Crippen molar-refractivity contribution in [2.24, 2.45) is 7.05 Å². The third-order valence-electron chi connectivity index (χ3n) is 3.52. The molecule has 0 atom stereocenters. The maximum atomic E-state index is 10.6. The average molecular weight is 358 g/mol. The van der Waals surface area contributed by atoms with Gasteiger partial charge in [-0.15, -0.1) is 0 Å². The van der Waals surface area contributed by atoms with Gasteiger partial charge in [-0.3, -0.25) is 9.48 Å². The van der Waals surface area contributed by atoms with Crippen LogP contribution >= 0.6 is 11.6 Å². The van der Waals surface area contributed by atoms with Gasteiger partial charge in [-0.05, 0) is 11.6 Å². The molecular formula is C17H16ClN5O2. The molecule has 0 saturated carbocycles. The minimum absolute atomic E-state index is 0.00889. The molecule has 2 heterocycles. The SMILES string of the molecule is Cn1cc(Cc2ccccc2OCC=O)c(-c2cc(Cl)nc(N)n2)n1. The first kappa shape index (κ1) is 16.9. The standard InChI is InChI=1S/C17H16ClN5O2/c1-23-10-12(8-11-4-2-3-5-14(11)25-7-6-24)16(22-23)13-9-15(18)21-17(19)20-13/h2-6,9-10H,7-8H2,1H3,(H2,19,20,21). The summed E-state index contributed by atoms with van der Waals surface area (Å²) < 4.78 is 7.19. The van der Waals surface area contributed by atoms with Gasteiger partial charge in [0.15, 0.2) is 6.29 Å². The van der Waals surface area contributed by atoms with Gasteiger partial charge in [-0.1, -0.05) is 29.8 Å². The van der Waals surface area contributed by atoms with Crippen LogP contribution in [0.4, 0.5) is 5.95 Å². The first-order valence-corrected chi connectivity index (χ1v) is 7.92. The number of nitrogens with zero attached hydrogens (tertiary/aromatic N) is 4. The van der Waals surface area contributed by atoms with E-state index in [1.165, 1.54) is 0 Å². The zero-order valence-electron chi connectivity index (χ0n) is 13.5. The largest absolute Gasteiger partial charge is 0.486 e. The maximum Gasteiger partial charge on any atom is 0.222 e. The second-order valence-electron chi connectivity index (χ2n) is 5.37. The van der Waals surface area contributed by atoms with Crippen molar-refractivity contribution in [2.75, 3.05) is 12.3 Å². The van der Waals surface area contributed by atoms with Crippen LogP contribution in [0.25, 0.3) is 11.4 Å². The molecule has 0 amide bonds. The number of carbonyl (C=O) groups excluding carboxylic acids is 1. The van der Waals surface area contributed by atoms with Crippen molar-refractivity contribution in [3.8, 4) is 17.1 Å². The first-order chi connectivity index (χ1) is 12.1. The molecule has 0 saturated heterocycles. The number of carbonyl (C=O) groups is 1. The van der Waals surface area contributed by atoms with E-state index in [0.29, 0.717) is 23.6 Å². The van der Waals surface area contributed by atoms with Crippen LogP contribution < -0.4 is 10.5 Å². The summed E-state index contributed by atoms with van der Waals surface area (Å²) in [6.07, 6.45) is 3.18. The number of nitrogen functional groups attached to an aromatic ring is 1. The molecular weight excluding hydrogens is 342 g/mol. The van der Waals surface area contributed by atoms with Crippen LogP contribution in [0.3, 0.4) is 0 Å². The fourth-order valence-corrected chi connectivity index (χ4v) is 2.75. The van der Waals surface area contributed by atoms with Crippen molar-refractivity contribution in [1.29, 1.82) is 0 Å². The monoisotopic (exact) mass is 357 g/mol. The Labute approximate surface area is 149 Å². The molecule has 0 aliphatic rings. The highest BCUT2D eigenvalue weighted by Gasteiger charge is 2.15. The van der Waals surface area contributed by atoms with Gasteiger partial charge >= 0.3 is 0 Å². The second-order valence-corrected chi connectivity index (χ2v) is 5.76. The Hall–Kier alpha value is -2.93. The zero-order valence-corrected chi connectivity index (χ0v) is 14.3. The van der Waals surface area contributed by atoms with Crippen LogP contribution in [0.2, 0.25) is 5.15 Å². The average Bonchev–Trinajstić information content (AvgIpc) is 2.94. The number of rotatable bonds is 6. The molecule has 128 valence electrons. The summed E-state index contributed by atoms with van der Waals surface area (Å²) in [5.41, 5.74) is 8.78. The third-order valence-corrected chi connectivity index (χ3v) is 3.71. The van der Waals surface area contributed by atoms with Gasteiger partial charge < -0.3 is 10.5 Å². The minimum atomic E-state index is 0.00889. The van der Waals surface area contributed by atoms with Gasteiger partial charge in [-0.2, -0.15) is 5.10 Å². The van der Waals surface area contributed by atoms with E-state index >= 15 is 0 Å². The molecule has 7 nitrogen and oxygen atoms in total. The predicted octanol–water partition coefficient (Wildman–Crippen LogP) is 2.28. The Kier molecular flexibility index (Phi) is 4.95. The Bertz CT molecular complexity index is 890. The number of halogens is 1. The lowest BCUT2D eigenvalue weighted by molar-refractivity contribution is -0.109. The molecule has 0 bridgehead atoms. The molecule has 3 rings (SSSR count). The number of para-hydroxylation sites is 1. The molecule has 2 N–H and O–H groups in total. The van der Waals surface area contributed by atoms with Gasteiger partial charge in [0.05, 0.1) is 5.69 Å². The van der Waals surface area contributed by atoms with Crippen molar-refractivity contribution in [3.05, 3.63) is 52.8 Å². The molecule has 0 fully saturated rings. The number of nitrogens with two attached hydrogens (primary N) is 1. The van der Waals surface area contributed by atoms with Crippen LogP contribution in [-0.4, -0.2) is 32.6 Å². The van der Waals surface area contributed by atoms with E-state index < -0.39 is 0 Å². The Morgan fingerprint density at radius 3 is 2.84 bits per heavy atom. The smallest absolute Gasteiger partial charge is 0.222 e. The molecule has 3 aromatic rings. The Balaban J connectivity index is 1.98. The molecule has 0 spiro atoms. The number of hydrogen-bond donors (Lipinski definition) is 1. The Morgan fingerprint density at radius 2 is 2.08 bits per heavy atom. The van der Waals surface area contributed by atoms with E-state index in [1.54, 1.807) is 10.7 Å². The number of anilines is 1. The highest BCUT2D eigenvalue weighted by molar-refractivity contribution is 6.29. The van der Waals surface area contributed by atoms with Crippen LogP contribution in [0, 0.1) is 0 Å². The van der Waals surface area contributed by atoms with E-state index in [2.05, 4.69) is 15.1 Å². The topological polar surface area (TPSA) is 95.9 Å². The molecule has 2 aromatic heterocycles. The number of ether oxygens (including phenoxy) is 1. The summed E-state index contributed by atoms with van der Waals surface area (Å²) in [5.74, 6) is 0.749. The fraction of sp³-hybridized carbons (Fsp3) is 0.176. The van der Waals surface area contributed by atoms with E-state index in [9.17, 15) is 4.79 Å². The fourth-order valence-electron chi connectivity index (χ4n) is 2.56. The predicted molar refractivity (Wildman–Crippen MR) is 94.5 cm³/mol. The first-order valence-electron chi connectivity index (χ1n) is 7.54. The van der Waals surface area contributed by atoms with Gasteiger partial charge in [0, 0.05) is 31.3 Å². The number of aryl methyl sites for hydroxylation is 1. The van der Waals surface area contributed by atoms with Crippen LogP contribution in [-0.2, 0) is 18.3 Å². The van der Waals surface area contributed by atoms with Gasteiger partial charge in [0.1, 0.15) is 23.2 Å². The van der Waals surface area contributed by atoms with Gasteiger partial charge in [-0.25, -0.2) is 9.97 Å². The summed E-state index contributed by atoms with van der Waals surface area (Å²) >= 11 is 5.98. The quantitative estimate of drug-likeness (QED) is 0.537. The molecule has 8 heteroatoms. The van der Waals surface area contributed by atoms with Crippen molar-refractivity contribution in [2.45, 2.75) is 6.42 Å². The van der Waals surface area contributed by atoms with Crippen molar-refractivity contribution >= 4 is 23.8 Å². The molecule has 0 radical (unpaired) electrons. The van der Waals surface area contributed by atoms with E-state index in [4.69, 9.17) is 22.1 Å². The molecule has 25 heavy (non-hydrogen) atoms. The number of benzene rings is 1. The third kappa shape index (κ3) is 3.95. The maximum absolute atomic E-state index is 10.6. The lowest BCUT2D eigenvalue weighted by Gasteiger charge is -2.09. The van der Waals surface area contributed by atoms with Crippen LogP contribution in [0.1, 0.15) is 11.1 Å². The lowest BCUT2D eigenvalue weighted by Crippen LogP contribution is -2.02. The summed E-state index contributed by atoms with van der Waals surface area (Å²) in [6, 6.07) is 9.17. The van der Waals surface area contributed by atoms with Crippen molar-refractivity contribution < 1.29 is 9.53 Å². The molecule has 0 unspecified atom stereocenters. The molecule has 0 aliphatic carbocycles. The highest BCUT2D eigenvalue weighted by atomic mass is 35.5. The van der Waals surface area contributed by atoms with Crippen molar-refractivity contribution in [3.63, 3.8) is 0 Å². The summed E-state index contributed by atoms with van der Waals surface area (Å²) in [6.45, 7) is 0.00889. The number of aromatic nitrogens is 4. The molecule has 0 aliphatic heterocycles. The zero-order chi connectivity index (χ0) is 17.8. The van der Waals surface area contributed by atoms with Gasteiger partial charge in [0.2, 0.25) is 5.95 Å². The van der Waals surface area contributed by atoms with Gasteiger partial charge in [0.25, 0.3) is 0 Å². The number of aldehydes is 1. The lowest BCUT2D eigenvalue weighted by atomic mass is 10.0. The van der Waals surface area contributed by atoms with Crippen LogP contribution in [0.15, 0.2) is 36.5 Å². The minimum Gasteiger partial charge on any atom is -0.486 e. The van der Waals surface area contributed by atoms with Crippen molar-refractivity contribution in [1.82, 2.24) is 19.7 Å². The highest BCUT2D eigenvalue weighted by Crippen LogP contribution is 2.28.